The van der Waals surface area contributed by atoms with Gasteiger partial charge in [0.05, 0.1) is 17.7 Å². The van der Waals surface area contributed by atoms with Crippen molar-refractivity contribution in [3.8, 4) is 0 Å². The fourth-order valence-corrected chi connectivity index (χ4v) is 1.94. The third kappa shape index (κ3) is 7.13. The van der Waals surface area contributed by atoms with Gasteiger partial charge in [0.2, 0.25) is 0 Å². The summed E-state index contributed by atoms with van der Waals surface area (Å²) >= 11 is 0. The molecular formula is C19H26O4. The lowest BCUT2D eigenvalue weighted by Gasteiger charge is -2.10. The van der Waals surface area contributed by atoms with Gasteiger partial charge in [-0.2, -0.15) is 0 Å². The van der Waals surface area contributed by atoms with E-state index in [2.05, 4.69) is 6.92 Å². The molecule has 23 heavy (non-hydrogen) atoms. The largest absolute Gasteiger partial charge is 0.462 e. The van der Waals surface area contributed by atoms with Crippen LogP contribution in [0.3, 0.4) is 0 Å². The average molecular weight is 318 g/mol. The summed E-state index contributed by atoms with van der Waals surface area (Å²) in [6.45, 7) is 6.25. The Hall–Kier alpha value is -2.10. The summed E-state index contributed by atoms with van der Waals surface area (Å²) in [5, 5.41) is 0. The molecule has 1 aromatic carbocycles. The number of rotatable bonds is 9. The van der Waals surface area contributed by atoms with Crippen molar-refractivity contribution in [1.82, 2.24) is 0 Å². The van der Waals surface area contributed by atoms with Gasteiger partial charge in [0, 0.05) is 0 Å². The van der Waals surface area contributed by atoms with Crippen molar-refractivity contribution < 1.29 is 19.1 Å². The number of hydrogen-bond acceptors (Lipinski definition) is 4. The maximum Gasteiger partial charge on any atom is 0.338 e. The Bertz CT molecular complexity index is 534. The van der Waals surface area contributed by atoms with E-state index in [4.69, 9.17) is 9.47 Å². The molecule has 4 heteroatoms. The summed E-state index contributed by atoms with van der Waals surface area (Å²) in [6, 6.07) is 6.42. The lowest BCUT2D eigenvalue weighted by Crippen LogP contribution is -2.14. The molecule has 0 aliphatic heterocycles. The first-order valence-corrected chi connectivity index (χ1v) is 8.23. The highest BCUT2D eigenvalue weighted by molar-refractivity contribution is 5.95. The fourth-order valence-electron chi connectivity index (χ4n) is 1.94. The minimum atomic E-state index is -0.442. The van der Waals surface area contributed by atoms with Crippen LogP contribution in [0.25, 0.3) is 0 Å². The summed E-state index contributed by atoms with van der Waals surface area (Å²) in [5.41, 5.74) is 0.712. The molecule has 0 saturated heterocycles. The number of carbonyl (C=O) groups is 2. The van der Waals surface area contributed by atoms with Gasteiger partial charge in [0.25, 0.3) is 0 Å². The molecule has 0 aliphatic rings. The Morgan fingerprint density at radius 2 is 1.83 bits per heavy atom. The molecule has 0 N–H and O–H groups in total. The second-order valence-electron chi connectivity index (χ2n) is 5.40. The van der Waals surface area contributed by atoms with E-state index >= 15 is 0 Å². The van der Waals surface area contributed by atoms with E-state index in [1.165, 1.54) is 6.07 Å². The number of allylic oxidation sites excluding steroid dienone is 1. The number of unbranched alkanes of at least 4 members (excludes halogenated alkanes) is 2. The molecule has 0 spiro atoms. The fraction of sp³-hybridized carbons (Fsp3) is 0.474. The van der Waals surface area contributed by atoms with Crippen LogP contribution in [-0.2, 0) is 9.47 Å². The van der Waals surface area contributed by atoms with E-state index in [0.29, 0.717) is 17.7 Å². The Morgan fingerprint density at radius 1 is 1.13 bits per heavy atom. The highest BCUT2D eigenvalue weighted by Gasteiger charge is 2.13. The minimum absolute atomic E-state index is 0.296. The van der Waals surface area contributed by atoms with Crippen molar-refractivity contribution in [2.45, 2.75) is 52.6 Å². The first-order chi connectivity index (χ1) is 11.1. The normalized spacial score (nSPS) is 12.1. The van der Waals surface area contributed by atoms with Gasteiger partial charge in [-0.1, -0.05) is 38.8 Å². The average Bonchev–Trinajstić information content (AvgIpc) is 2.56. The standard InChI is InChI=1S/C19H26O4/c1-4-6-7-8-10-15(3)23-19(21)17-12-9-11-16(14-17)18(20)22-13-5-2/h8-12,14-15H,4-7,13H2,1-3H3/b10-8+. The monoisotopic (exact) mass is 318 g/mol. The van der Waals surface area contributed by atoms with Crippen LogP contribution in [0.15, 0.2) is 36.4 Å². The molecule has 1 unspecified atom stereocenters. The molecule has 0 bridgehead atoms. The van der Waals surface area contributed by atoms with Crippen molar-refractivity contribution in [2.75, 3.05) is 6.61 Å². The van der Waals surface area contributed by atoms with E-state index in [9.17, 15) is 9.59 Å². The van der Waals surface area contributed by atoms with Crippen molar-refractivity contribution in [2.24, 2.45) is 0 Å². The molecule has 1 atom stereocenters. The summed E-state index contributed by atoms with van der Waals surface area (Å²) < 4.78 is 10.4. The van der Waals surface area contributed by atoms with Crippen LogP contribution in [-0.4, -0.2) is 24.6 Å². The molecular weight excluding hydrogens is 292 g/mol. The quantitative estimate of drug-likeness (QED) is 0.381. The molecule has 0 fully saturated rings. The zero-order chi connectivity index (χ0) is 17.1. The molecule has 0 amide bonds. The zero-order valence-corrected chi connectivity index (χ0v) is 14.2. The van der Waals surface area contributed by atoms with Gasteiger partial charge in [0.1, 0.15) is 6.10 Å². The van der Waals surface area contributed by atoms with Gasteiger partial charge in [0.15, 0.2) is 0 Å². The second kappa shape index (κ2) is 10.6. The maximum atomic E-state index is 12.1. The third-order valence-corrected chi connectivity index (χ3v) is 3.20. The lowest BCUT2D eigenvalue weighted by molar-refractivity contribution is 0.0424. The Balaban J connectivity index is 2.62. The van der Waals surface area contributed by atoms with Crippen LogP contribution < -0.4 is 0 Å². The molecule has 1 rings (SSSR count). The lowest BCUT2D eigenvalue weighted by atomic mass is 10.1. The summed E-state index contributed by atoms with van der Waals surface area (Å²) in [6.07, 6.45) is 7.62. The van der Waals surface area contributed by atoms with Crippen molar-refractivity contribution in [3.05, 3.63) is 47.5 Å². The Morgan fingerprint density at radius 3 is 2.48 bits per heavy atom. The summed E-state index contributed by atoms with van der Waals surface area (Å²) in [4.78, 5) is 23.9. The Labute approximate surface area is 138 Å². The van der Waals surface area contributed by atoms with Crippen LogP contribution in [0.2, 0.25) is 0 Å². The van der Waals surface area contributed by atoms with Crippen LogP contribution >= 0.6 is 0 Å². The first-order valence-electron chi connectivity index (χ1n) is 8.23. The maximum absolute atomic E-state index is 12.1. The van der Waals surface area contributed by atoms with Gasteiger partial charge in [-0.05, 0) is 44.0 Å². The summed E-state index contributed by atoms with van der Waals surface area (Å²) in [5.74, 6) is -0.864. The van der Waals surface area contributed by atoms with Gasteiger partial charge in [-0.3, -0.25) is 0 Å². The summed E-state index contributed by atoms with van der Waals surface area (Å²) in [7, 11) is 0. The van der Waals surface area contributed by atoms with Crippen molar-refractivity contribution in [1.29, 1.82) is 0 Å². The SMILES string of the molecule is CCCC/C=C/C(C)OC(=O)c1cccc(C(=O)OCCC)c1. The van der Waals surface area contributed by atoms with Crippen LogP contribution in [0.5, 0.6) is 0 Å². The first kappa shape index (κ1) is 18.9. The third-order valence-electron chi connectivity index (χ3n) is 3.20. The number of hydrogen-bond donors (Lipinski definition) is 0. The number of esters is 2. The molecule has 0 radical (unpaired) electrons. The molecule has 1 aromatic rings. The smallest absolute Gasteiger partial charge is 0.338 e. The van der Waals surface area contributed by atoms with Crippen LogP contribution in [0.4, 0.5) is 0 Å². The van der Waals surface area contributed by atoms with E-state index < -0.39 is 11.9 Å². The van der Waals surface area contributed by atoms with Gasteiger partial charge in [-0.15, -0.1) is 0 Å². The number of benzene rings is 1. The van der Waals surface area contributed by atoms with E-state index in [1.807, 2.05) is 26.0 Å². The molecule has 0 aromatic heterocycles. The van der Waals surface area contributed by atoms with Crippen molar-refractivity contribution in [3.63, 3.8) is 0 Å². The minimum Gasteiger partial charge on any atom is -0.462 e. The topological polar surface area (TPSA) is 52.6 Å². The number of ether oxygens (including phenoxy) is 2. The van der Waals surface area contributed by atoms with Crippen LogP contribution in [0.1, 0.15) is 67.2 Å². The predicted molar refractivity (Wildman–Crippen MR) is 90.6 cm³/mol. The van der Waals surface area contributed by atoms with E-state index in [1.54, 1.807) is 18.2 Å². The van der Waals surface area contributed by atoms with Gasteiger partial charge >= 0.3 is 11.9 Å². The second-order valence-corrected chi connectivity index (χ2v) is 5.40. The molecule has 4 nitrogen and oxygen atoms in total. The zero-order valence-electron chi connectivity index (χ0n) is 14.2. The predicted octanol–water partition coefficient (Wildman–Crippen LogP) is 4.55. The van der Waals surface area contributed by atoms with Crippen molar-refractivity contribution >= 4 is 11.9 Å². The number of carbonyl (C=O) groups excluding carboxylic acids is 2. The Kier molecular flexibility index (Phi) is 8.73. The molecule has 126 valence electrons. The van der Waals surface area contributed by atoms with Gasteiger partial charge < -0.3 is 9.47 Å². The van der Waals surface area contributed by atoms with Crippen LogP contribution in [0, 0.1) is 0 Å². The highest BCUT2D eigenvalue weighted by Crippen LogP contribution is 2.10. The molecule has 0 heterocycles. The molecule has 0 aliphatic carbocycles. The highest BCUT2D eigenvalue weighted by atomic mass is 16.5. The van der Waals surface area contributed by atoms with E-state index in [-0.39, 0.29) is 6.10 Å². The van der Waals surface area contributed by atoms with E-state index in [0.717, 1.165) is 25.7 Å². The molecule has 0 saturated carbocycles. The van der Waals surface area contributed by atoms with Gasteiger partial charge in [-0.25, -0.2) is 9.59 Å².